The van der Waals surface area contributed by atoms with E-state index < -0.39 is 0 Å². The molecule has 25 heavy (non-hydrogen) atoms. The van der Waals surface area contributed by atoms with E-state index in [1.54, 1.807) is 17.8 Å². The Morgan fingerprint density at radius 3 is 2.80 bits per heavy atom. The number of benzene rings is 2. The smallest absolute Gasteiger partial charge is 0.244 e. The van der Waals surface area contributed by atoms with Gasteiger partial charge < -0.3 is 4.74 Å². The molecule has 0 N–H and O–H groups in total. The van der Waals surface area contributed by atoms with E-state index in [2.05, 4.69) is 20.9 Å². The van der Waals surface area contributed by atoms with Gasteiger partial charge in [-0.25, -0.2) is 4.99 Å². The Morgan fingerprint density at radius 2 is 2.04 bits per heavy atom. The van der Waals surface area contributed by atoms with Crippen molar-refractivity contribution in [3.05, 3.63) is 69.8 Å². The van der Waals surface area contributed by atoms with Crippen LogP contribution in [0.15, 0.2) is 63.7 Å². The number of thioether (sulfide) groups is 2. The Labute approximate surface area is 164 Å². The standard InChI is InChI=1S/C19H16BrNO2S2/c1-2-24-19-21-16(18(22)25-19)11-14-10-15(20)8-9-17(14)23-12-13-6-4-3-5-7-13/h3-11H,2,12H2,1H3/b16-11-. The number of nitrogens with zero attached hydrogens (tertiary/aromatic N) is 1. The van der Waals surface area contributed by atoms with E-state index in [9.17, 15) is 4.79 Å². The minimum Gasteiger partial charge on any atom is -0.488 e. The summed E-state index contributed by atoms with van der Waals surface area (Å²) >= 11 is 6.25. The van der Waals surface area contributed by atoms with Crippen molar-refractivity contribution in [2.75, 3.05) is 5.75 Å². The van der Waals surface area contributed by atoms with Crippen LogP contribution in [-0.2, 0) is 11.4 Å². The van der Waals surface area contributed by atoms with Crippen LogP contribution in [0.1, 0.15) is 18.1 Å². The van der Waals surface area contributed by atoms with Crippen LogP contribution in [0.3, 0.4) is 0 Å². The second kappa shape index (κ2) is 8.74. The molecule has 3 rings (SSSR count). The van der Waals surface area contributed by atoms with Crippen molar-refractivity contribution in [3.63, 3.8) is 0 Å². The highest BCUT2D eigenvalue weighted by Crippen LogP contribution is 2.33. The lowest BCUT2D eigenvalue weighted by Crippen LogP contribution is -1.97. The highest BCUT2D eigenvalue weighted by Gasteiger charge is 2.22. The van der Waals surface area contributed by atoms with Crippen LogP contribution >= 0.6 is 39.5 Å². The van der Waals surface area contributed by atoms with Gasteiger partial charge in [0.2, 0.25) is 5.12 Å². The lowest BCUT2D eigenvalue weighted by Gasteiger charge is -2.10. The van der Waals surface area contributed by atoms with Crippen molar-refractivity contribution in [2.24, 2.45) is 4.99 Å². The van der Waals surface area contributed by atoms with Crippen LogP contribution in [-0.4, -0.2) is 15.2 Å². The molecule has 1 aliphatic rings. The first-order valence-electron chi connectivity index (χ1n) is 7.77. The molecule has 0 aliphatic carbocycles. The molecule has 0 saturated heterocycles. The van der Waals surface area contributed by atoms with E-state index in [1.165, 1.54) is 11.8 Å². The Kier molecular flexibility index (Phi) is 6.39. The minimum absolute atomic E-state index is 0.0232. The highest BCUT2D eigenvalue weighted by atomic mass is 79.9. The molecule has 6 heteroatoms. The minimum atomic E-state index is -0.0232. The lowest BCUT2D eigenvalue weighted by atomic mass is 10.1. The Morgan fingerprint density at radius 1 is 1.24 bits per heavy atom. The van der Waals surface area contributed by atoms with E-state index in [0.717, 1.165) is 31.5 Å². The maximum Gasteiger partial charge on any atom is 0.244 e. The van der Waals surface area contributed by atoms with Crippen molar-refractivity contribution in [2.45, 2.75) is 13.5 Å². The first-order valence-corrected chi connectivity index (χ1v) is 10.4. The molecule has 0 atom stereocenters. The normalized spacial score (nSPS) is 15.5. The van der Waals surface area contributed by atoms with E-state index in [-0.39, 0.29) is 5.12 Å². The fourth-order valence-corrected chi connectivity index (χ4v) is 4.34. The summed E-state index contributed by atoms with van der Waals surface area (Å²) in [5.41, 5.74) is 2.39. The van der Waals surface area contributed by atoms with E-state index in [0.29, 0.717) is 12.3 Å². The number of ether oxygens (including phenoxy) is 1. The van der Waals surface area contributed by atoms with E-state index in [4.69, 9.17) is 4.74 Å². The molecule has 128 valence electrons. The van der Waals surface area contributed by atoms with Gasteiger partial charge in [0.15, 0.2) is 0 Å². The topological polar surface area (TPSA) is 38.7 Å². The van der Waals surface area contributed by atoms with Gasteiger partial charge in [0.25, 0.3) is 0 Å². The first kappa shape index (κ1) is 18.3. The van der Waals surface area contributed by atoms with Crippen LogP contribution in [0.4, 0.5) is 0 Å². The Bertz CT molecular complexity index is 835. The molecule has 3 nitrogen and oxygen atoms in total. The number of carbonyl (C=O) groups is 1. The zero-order valence-electron chi connectivity index (χ0n) is 13.6. The SMILES string of the molecule is CCSC1=N/C(=C\c2cc(Br)ccc2OCc2ccccc2)C(=O)S1. The number of hydrogen-bond acceptors (Lipinski definition) is 5. The van der Waals surface area contributed by atoms with Crippen molar-refractivity contribution in [3.8, 4) is 5.75 Å². The molecule has 0 saturated carbocycles. The summed E-state index contributed by atoms with van der Waals surface area (Å²) < 4.78 is 7.69. The van der Waals surface area contributed by atoms with Gasteiger partial charge in [-0.2, -0.15) is 0 Å². The molecule has 2 aromatic rings. The van der Waals surface area contributed by atoms with Crippen LogP contribution in [0, 0.1) is 0 Å². The zero-order chi connectivity index (χ0) is 17.6. The molecule has 1 aliphatic heterocycles. The molecule has 0 aromatic heterocycles. The van der Waals surface area contributed by atoms with Crippen molar-refractivity contribution >= 4 is 55.0 Å². The number of aliphatic imine (C=N–C) groups is 1. The quantitative estimate of drug-likeness (QED) is 0.562. The van der Waals surface area contributed by atoms with Gasteiger partial charge >= 0.3 is 0 Å². The summed E-state index contributed by atoms with van der Waals surface area (Å²) in [5.74, 6) is 1.62. The number of hydrogen-bond donors (Lipinski definition) is 0. The van der Waals surface area contributed by atoms with Crippen LogP contribution in [0.25, 0.3) is 6.08 Å². The molecule has 1 heterocycles. The van der Waals surface area contributed by atoms with Gasteiger partial charge in [-0.3, -0.25) is 4.79 Å². The van der Waals surface area contributed by atoms with Crippen molar-refractivity contribution in [1.29, 1.82) is 0 Å². The third-order valence-corrected chi connectivity index (χ3v) is 5.75. The second-order valence-corrected chi connectivity index (χ2v) is 8.57. The van der Waals surface area contributed by atoms with Gasteiger partial charge in [-0.15, -0.1) is 0 Å². The zero-order valence-corrected chi connectivity index (χ0v) is 16.8. The lowest BCUT2D eigenvalue weighted by molar-refractivity contribution is -0.107. The summed E-state index contributed by atoms with van der Waals surface area (Å²) in [7, 11) is 0. The van der Waals surface area contributed by atoms with Crippen molar-refractivity contribution in [1.82, 2.24) is 0 Å². The summed E-state index contributed by atoms with van der Waals surface area (Å²) in [6.45, 7) is 2.52. The fraction of sp³-hybridized carbons (Fsp3) is 0.158. The van der Waals surface area contributed by atoms with Crippen LogP contribution in [0.5, 0.6) is 5.75 Å². The highest BCUT2D eigenvalue weighted by molar-refractivity contribution is 9.10. The third-order valence-electron chi connectivity index (χ3n) is 3.37. The molecule has 0 unspecified atom stereocenters. The monoisotopic (exact) mass is 433 g/mol. The molecular weight excluding hydrogens is 418 g/mol. The van der Waals surface area contributed by atoms with Crippen molar-refractivity contribution < 1.29 is 9.53 Å². The predicted molar refractivity (Wildman–Crippen MR) is 111 cm³/mol. The molecule has 0 bridgehead atoms. The summed E-state index contributed by atoms with van der Waals surface area (Å²) in [5, 5.41) is -0.0232. The third kappa shape index (κ3) is 5.00. The van der Waals surface area contributed by atoms with Gasteiger partial charge in [0.1, 0.15) is 22.4 Å². The fourth-order valence-electron chi connectivity index (χ4n) is 2.22. The molecule has 2 aromatic carbocycles. The van der Waals surface area contributed by atoms with Gasteiger partial charge in [0, 0.05) is 10.0 Å². The van der Waals surface area contributed by atoms with Gasteiger partial charge in [0.05, 0.1) is 0 Å². The number of carbonyl (C=O) groups excluding carboxylic acids is 1. The van der Waals surface area contributed by atoms with E-state index >= 15 is 0 Å². The van der Waals surface area contributed by atoms with Crippen LogP contribution < -0.4 is 4.74 Å². The first-order chi connectivity index (χ1) is 12.2. The molecule has 0 radical (unpaired) electrons. The summed E-state index contributed by atoms with van der Waals surface area (Å²) in [4.78, 5) is 16.6. The number of halogens is 1. The molecule has 0 spiro atoms. The predicted octanol–water partition coefficient (Wildman–Crippen LogP) is 5.75. The Balaban J connectivity index is 1.84. The largest absolute Gasteiger partial charge is 0.488 e. The molecule has 0 amide bonds. The second-order valence-electron chi connectivity index (χ2n) is 5.19. The number of rotatable bonds is 5. The average Bonchev–Trinajstić information content (AvgIpc) is 2.95. The maximum absolute atomic E-state index is 12.2. The average molecular weight is 434 g/mol. The maximum atomic E-state index is 12.2. The Hall–Kier alpha value is -1.50. The molecular formula is C19H16BrNO2S2. The van der Waals surface area contributed by atoms with E-state index in [1.807, 2.05) is 55.5 Å². The molecule has 0 fully saturated rings. The summed E-state index contributed by atoms with van der Waals surface area (Å²) in [6.07, 6.45) is 1.80. The summed E-state index contributed by atoms with van der Waals surface area (Å²) in [6, 6.07) is 15.8. The van der Waals surface area contributed by atoms with Gasteiger partial charge in [-0.1, -0.05) is 64.9 Å². The van der Waals surface area contributed by atoms with Crippen LogP contribution in [0.2, 0.25) is 0 Å². The van der Waals surface area contributed by atoms with Gasteiger partial charge in [-0.05, 0) is 47.4 Å².